The third kappa shape index (κ3) is 3.78. The number of carbonyl (C=O) groups is 1. The first kappa shape index (κ1) is 12.0. The Morgan fingerprint density at radius 1 is 1.53 bits per heavy atom. The molecule has 2 heterocycles. The van der Waals surface area contributed by atoms with Crippen molar-refractivity contribution in [3.05, 3.63) is 24.0 Å². The molecule has 0 bridgehead atoms. The van der Waals surface area contributed by atoms with Crippen molar-refractivity contribution in [2.45, 2.75) is 19.3 Å². The predicted molar refractivity (Wildman–Crippen MR) is 64.6 cm³/mol. The van der Waals surface area contributed by atoms with Gasteiger partial charge in [-0.15, -0.1) is 0 Å². The van der Waals surface area contributed by atoms with E-state index in [4.69, 9.17) is 0 Å². The van der Waals surface area contributed by atoms with Crippen molar-refractivity contribution in [1.29, 1.82) is 0 Å². The maximum Gasteiger partial charge on any atom is 0.252 e. The summed E-state index contributed by atoms with van der Waals surface area (Å²) in [5.41, 5.74) is 0.571. The number of aromatic nitrogens is 2. The van der Waals surface area contributed by atoms with E-state index in [2.05, 4.69) is 20.8 Å². The molecule has 1 aromatic rings. The monoisotopic (exact) mass is 234 g/mol. The van der Waals surface area contributed by atoms with Gasteiger partial charge in [-0.25, -0.2) is 0 Å². The van der Waals surface area contributed by atoms with Crippen LogP contribution in [-0.2, 0) is 0 Å². The lowest BCUT2D eigenvalue weighted by Gasteiger charge is -2.22. The summed E-state index contributed by atoms with van der Waals surface area (Å²) in [4.78, 5) is 11.7. The molecule has 1 saturated heterocycles. The van der Waals surface area contributed by atoms with Gasteiger partial charge in [0.25, 0.3) is 5.91 Å². The molecule has 92 valence electrons. The summed E-state index contributed by atoms with van der Waals surface area (Å²) in [5, 5.41) is 13.6. The predicted octanol–water partition coefficient (Wildman–Crippen LogP) is 0.596. The second-order valence-corrected chi connectivity index (χ2v) is 4.39. The van der Waals surface area contributed by atoms with Gasteiger partial charge in [0.15, 0.2) is 0 Å². The largest absolute Gasteiger partial charge is 0.352 e. The Bertz CT molecular complexity index is 349. The van der Waals surface area contributed by atoms with E-state index in [0.717, 1.165) is 26.1 Å². The van der Waals surface area contributed by atoms with Gasteiger partial charge in [-0.05, 0) is 44.3 Å². The first-order valence-corrected chi connectivity index (χ1v) is 6.12. The smallest absolute Gasteiger partial charge is 0.252 e. The van der Waals surface area contributed by atoms with Crippen LogP contribution in [0.25, 0.3) is 0 Å². The Balaban J connectivity index is 1.69. The molecule has 0 aliphatic carbocycles. The second-order valence-electron chi connectivity index (χ2n) is 4.39. The zero-order chi connectivity index (χ0) is 11.9. The van der Waals surface area contributed by atoms with Crippen LogP contribution in [0, 0.1) is 5.92 Å². The van der Waals surface area contributed by atoms with Crippen molar-refractivity contribution >= 4 is 5.91 Å². The molecule has 5 nitrogen and oxygen atoms in total. The summed E-state index contributed by atoms with van der Waals surface area (Å²) >= 11 is 0. The molecular weight excluding hydrogens is 216 g/mol. The summed E-state index contributed by atoms with van der Waals surface area (Å²) in [7, 11) is 0. The summed E-state index contributed by atoms with van der Waals surface area (Å²) in [6.45, 7) is 2.94. The van der Waals surface area contributed by atoms with E-state index in [0.29, 0.717) is 11.5 Å². The fourth-order valence-electron chi connectivity index (χ4n) is 2.09. The van der Waals surface area contributed by atoms with Gasteiger partial charge in [-0.2, -0.15) is 10.2 Å². The van der Waals surface area contributed by atoms with E-state index in [-0.39, 0.29) is 5.91 Å². The van der Waals surface area contributed by atoms with Crippen LogP contribution in [0.3, 0.4) is 0 Å². The third-order valence-electron chi connectivity index (χ3n) is 3.08. The van der Waals surface area contributed by atoms with Crippen molar-refractivity contribution in [1.82, 2.24) is 20.8 Å². The summed E-state index contributed by atoms with van der Waals surface area (Å²) in [5.74, 6) is 0.628. The zero-order valence-corrected chi connectivity index (χ0v) is 9.85. The molecule has 1 unspecified atom stereocenters. The first-order valence-electron chi connectivity index (χ1n) is 6.12. The fraction of sp³-hybridized carbons (Fsp3) is 0.583. The van der Waals surface area contributed by atoms with Gasteiger partial charge in [-0.3, -0.25) is 4.79 Å². The van der Waals surface area contributed by atoms with Crippen LogP contribution in [0.2, 0.25) is 0 Å². The fourth-order valence-corrected chi connectivity index (χ4v) is 2.09. The lowest BCUT2D eigenvalue weighted by Crippen LogP contribution is -2.33. The van der Waals surface area contributed by atoms with E-state index in [1.165, 1.54) is 25.2 Å². The highest BCUT2D eigenvalue weighted by Crippen LogP contribution is 2.12. The van der Waals surface area contributed by atoms with Gasteiger partial charge in [-0.1, -0.05) is 0 Å². The van der Waals surface area contributed by atoms with E-state index < -0.39 is 0 Å². The molecule has 2 N–H and O–H groups in total. The average molecular weight is 234 g/mol. The highest BCUT2D eigenvalue weighted by atomic mass is 16.1. The van der Waals surface area contributed by atoms with Gasteiger partial charge >= 0.3 is 0 Å². The molecule has 17 heavy (non-hydrogen) atoms. The standard InChI is InChI=1S/C12H18N4O/c17-12(11-4-7-15-16-9-11)14-6-3-10-2-1-5-13-8-10/h4,7,9-10,13H,1-3,5-6,8H2,(H,14,17). The summed E-state index contributed by atoms with van der Waals surface area (Å²) in [6, 6.07) is 1.67. The minimum atomic E-state index is -0.0660. The van der Waals surface area contributed by atoms with Crippen molar-refractivity contribution < 1.29 is 4.79 Å². The molecule has 1 amide bonds. The molecule has 1 aliphatic heterocycles. The Hall–Kier alpha value is -1.49. The van der Waals surface area contributed by atoms with Crippen LogP contribution in [-0.4, -0.2) is 35.7 Å². The zero-order valence-electron chi connectivity index (χ0n) is 9.85. The number of rotatable bonds is 4. The van der Waals surface area contributed by atoms with Crippen LogP contribution in [0.4, 0.5) is 0 Å². The molecule has 1 aliphatic rings. The molecule has 0 radical (unpaired) electrons. The van der Waals surface area contributed by atoms with E-state index >= 15 is 0 Å². The van der Waals surface area contributed by atoms with E-state index in [9.17, 15) is 4.79 Å². The Morgan fingerprint density at radius 2 is 2.47 bits per heavy atom. The van der Waals surface area contributed by atoms with E-state index in [1.807, 2.05) is 0 Å². The molecule has 0 aromatic carbocycles. The van der Waals surface area contributed by atoms with Crippen molar-refractivity contribution in [3.8, 4) is 0 Å². The number of nitrogens with zero attached hydrogens (tertiary/aromatic N) is 2. The van der Waals surface area contributed by atoms with Crippen molar-refractivity contribution in [3.63, 3.8) is 0 Å². The summed E-state index contributed by atoms with van der Waals surface area (Å²) < 4.78 is 0. The van der Waals surface area contributed by atoms with Crippen LogP contribution in [0.15, 0.2) is 18.5 Å². The molecule has 5 heteroatoms. The lowest BCUT2D eigenvalue weighted by atomic mass is 9.96. The molecule has 2 rings (SSSR count). The van der Waals surface area contributed by atoms with Crippen molar-refractivity contribution in [2.24, 2.45) is 5.92 Å². The Labute approximate surface area is 101 Å². The number of hydrogen-bond donors (Lipinski definition) is 2. The normalized spacial score (nSPS) is 19.9. The molecule has 1 atom stereocenters. The van der Waals surface area contributed by atoms with Crippen LogP contribution >= 0.6 is 0 Å². The van der Waals surface area contributed by atoms with Gasteiger partial charge in [0.05, 0.1) is 18.0 Å². The van der Waals surface area contributed by atoms with Crippen LogP contribution in [0.1, 0.15) is 29.6 Å². The molecular formula is C12H18N4O. The van der Waals surface area contributed by atoms with Gasteiger partial charge in [0.1, 0.15) is 0 Å². The first-order chi connectivity index (χ1) is 8.36. The lowest BCUT2D eigenvalue weighted by molar-refractivity contribution is 0.0950. The number of piperidine rings is 1. The molecule has 1 aromatic heterocycles. The maximum atomic E-state index is 11.7. The SMILES string of the molecule is O=C(NCCC1CCCNC1)c1ccnnc1. The Kier molecular flexibility index (Phi) is 4.44. The maximum absolute atomic E-state index is 11.7. The number of hydrogen-bond acceptors (Lipinski definition) is 4. The molecule has 0 spiro atoms. The quantitative estimate of drug-likeness (QED) is 0.800. The topological polar surface area (TPSA) is 66.9 Å². The highest BCUT2D eigenvalue weighted by Gasteiger charge is 2.13. The van der Waals surface area contributed by atoms with Gasteiger partial charge in [0, 0.05) is 6.54 Å². The summed E-state index contributed by atoms with van der Waals surface area (Å²) in [6.07, 6.45) is 6.56. The molecule has 1 fully saturated rings. The van der Waals surface area contributed by atoms with Crippen LogP contribution in [0.5, 0.6) is 0 Å². The third-order valence-corrected chi connectivity index (χ3v) is 3.08. The minimum absolute atomic E-state index is 0.0660. The number of nitrogens with one attached hydrogen (secondary N) is 2. The van der Waals surface area contributed by atoms with E-state index in [1.54, 1.807) is 6.07 Å². The van der Waals surface area contributed by atoms with Gasteiger partial charge in [0.2, 0.25) is 0 Å². The highest BCUT2D eigenvalue weighted by molar-refractivity contribution is 5.93. The second kappa shape index (κ2) is 6.30. The molecule has 0 saturated carbocycles. The van der Waals surface area contributed by atoms with Crippen molar-refractivity contribution in [2.75, 3.05) is 19.6 Å². The number of carbonyl (C=O) groups excluding carboxylic acids is 1. The van der Waals surface area contributed by atoms with Crippen LogP contribution < -0.4 is 10.6 Å². The van der Waals surface area contributed by atoms with Gasteiger partial charge < -0.3 is 10.6 Å². The average Bonchev–Trinajstić information content (AvgIpc) is 2.41. The number of amides is 1. The minimum Gasteiger partial charge on any atom is -0.352 e. The Morgan fingerprint density at radius 3 is 3.18 bits per heavy atom.